The maximum absolute atomic E-state index is 13.8. The number of carbonyl (C=O) groups is 3. The van der Waals surface area contributed by atoms with Gasteiger partial charge in [0.1, 0.15) is 0 Å². The van der Waals surface area contributed by atoms with Gasteiger partial charge in [-0.1, -0.05) is 54.1 Å². The molecule has 1 N–H and O–H groups in total. The van der Waals surface area contributed by atoms with Gasteiger partial charge in [-0.2, -0.15) is 0 Å². The van der Waals surface area contributed by atoms with E-state index >= 15 is 0 Å². The molecule has 3 amide bonds. The van der Waals surface area contributed by atoms with Gasteiger partial charge >= 0.3 is 0 Å². The van der Waals surface area contributed by atoms with Gasteiger partial charge < -0.3 is 24.4 Å². The fourth-order valence-corrected chi connectivity index (χ4v) is 4.97. The number of hydrogen-bond acceptors (Lipinski definition) is 5. The molecule has 0 aliphatic carbocycles. The molecule has 0 atom stereocenters. The van der Waals surface area contributed by atoms with Gasteiger partial charge in [-0.15, -0.1) is 0 Å². The molecule has 40 heavy (non-hydrogen) atoms. The molecule has 8 nitrogen and oxygen atoms in total. The fourth-order valence-electron chi connectivity index (χ4n) is 4.75. The van der Waals surface area contributed by atoms with Crippen LogP contribution in [0.25, 0.3) is 0 Å². The quantitative estimate of drug-likeness (QED) is 0.328. The van der Waals surface area contributed by atoms with Crippen molar-refractivity contribution < 1.29 is 18.8 Å². The molecule has 0 spiro atoms. The molecule has 1 aliphatic heterocycles. The zero-order chi connectivity index (χ0) is 28.1. The smallest absolute Gasteiger partial charge is 0.289 e. The van der Waals surface area contributed by atoms with Crippen LogP contribution in [0, 0.1) is 0 Å². The minimum Gasteiger partial charge on any atom is -0.459 e. The van der Waals surface area contributed by atoms with Crippen LogP contribution in [0.1, 0.15) is 36.8 Å². The summed E-state index contributed by atoms with van der Waals surface area (Å²) >= 11 is 6.22. The van der Waals surface area contributed by atoms with E-state index in [0.717, 1.165) is 11.3 Å². The van der Waals surface area contributed by atoms with Gasteiger partial charge in [-0.25, -0.2) is 0 Å². The van der Waals surface area contributed by atoms with E-state index in [1.165, 1.54) is 6.26 Å². The predicted molar refractivity (Wildman–Crippen MR) is 155 cm³/mol. The Morgan fingerprint density at radius 1 is 0.875 bits per heavy atom. The first-order valence-corrected chi connectivity index (χ1v) is 13.4. The van der Waals surface area contributed by atoms with Crippen LogP contribution >= 0.6 is 11.6 Å². The molecule has 9 heteroatoms. The molecule has 0 saturated carbocycles. The lowest BCUT2D eigenvalue weighted by Gasteiger charge is -2.37. The first kappa shape index (κ1) is 27.0. The van der Waals surface area contributed by atoms with Crippen molar-refractivity contribution in [3.8, 4) is 0 Å². The molecule has 1 fully saturated rings. The first-order chi connectivity index (χ1) is 19.4. The van der Waals surface area contributed by atoms with E-state index in [0.29, 0.717) is 60.3 Å². The number of anilines is 2. The van der Waals surface area contributed by atoms with Gasteiger partial charge in [0, 0.05) is 51.1 Å². The molecule has 3 aromatic carbocycles. The lowest BCUT2D eigenvalue weighted by molar-refractivity contribution is 0.0712. The molecule has 2 heterocycles. The topological polar surface area (TPSA) is 86.1 Å². The molecule has 0 unspecified atom stereocenters. The molecule has 4 aromatic rings. The van der Waals surface area contributed by atoms with E-state index < -0.39 is 0 Å². The lowest BCUT2D eigenvalue weighted by Crippen LogP contribution is -2.49. The number of hydrogen-bond donors (Lipinski definition) is 1. The highest BCUT2D eigenvalue weighted by Gasteiger charge is 2.27. The van der Waals surface area contributed by atoms with Gasteiger partial charge in [-0.05, 0) is 48.0 Å². The van der Waals surface area contributed by atoms with Crippen molar-refractivity contribution in [3.05, 3.63) is 119 Å². The van der Waals surface area contributed by atoms with E-state index in [9.17, 15) is 14.4 Å². The summed E-state index contributed by atoms with van der Waals surface area (Å²) in [7, 11) is 1.76. The van der Waals surface area contributed by atoms with Crippen LogP contribution in [0.15, 0.2) is 95.6 Å². The average Bonchev–Trinajstić information content (AvgIpc) is 3.52. The molecular weight excluding hydrogens is 528 g/mol. The molecule has 204 valence electrons. The van der Waals surface area contributed by atoms with Crippen molar-refractivity contribution in [3.63, 3.8) is 0 Å². The maximum Gasteiger partial charge on any atom is 0.289 e. The van der Waals surface area contributed by atoms with Crippen LogP contribution in [0.4, 0.5) is 11.4 Å². The molecule has 0 bridgehead atoms. The highest BCUT2D eigenvalue weighted by Crippen LogP contribution is 2.28. The summed E-state index contributed by atoms with van der Waals surface area (Å²) in [4.78, 5) is 44.9. The number of nitrogens with zero attached hydrogens (tertiary/aromatic N) is 3. The summed E-state index contributed by atoms with van der Waals surface area (Å²) in [5.74, 6) is -0.382. The summed E-state index contributed by atoms with van der Waals surface area (Å²) in [5, 5.41) is 3.22. The van der Waals surface area contributed by atoms with Gasteiger partial charge in [0.2, 0.25) is 0 Å². The van der Waals surface area contributed by atoms with Gasteiger partial charge in [0.15, 0.2) is 5.76 Å². The second-order valence-electron chi connectivity index (χ2n) is 9.57. The van der Waals surface area contributed by atoms with Crippen LogP contribution in [-0.2, 0) is 6.54 Å². The van der Waals surface area contributed by atoms with E-state index in [1.54, 1.807) is 65.4 Å². The SMILES string of the molecule is CN(Cc1ccccc1)C(=O)c1cc(NC(=O)c2ccccc2Cl)ccc1N1CCN(C(=O)c2ccco2)CC1. The summed E-state index contributed by atoms with van der Waals surface area (Å²) < 4.78 is 5.27. The number of rotatable bonds is 7. The number of nitrogens with one attached hydrogen (secondary N) is 1. The third-order valence-corrected chi connectivity index (χ3v) is 7.18. The minimum absolute atomic E-state index is 0.152. The van der Waals surface area contributed by atoms with E-state index in [1.807, 2.05) is 36.4 Å². The largest absolute Gasteiger partial charge is 0.459 e. The van der Waals surface area contributed by atoms with Gasteiger partial charge in [-0.3, -0.25) is 14.4 Å². The Kier molecular flexibility index (Phi) is 8.17. The second kappa shape index (κ2) is 12.1. The Bertz CT molecular complexity index is 1500. The van der Waals surface area contributed by atoms with E-state index in [2.05, 4.69) is 10.2 Å². The number of amides is 3. The number of carbonyl (C=O) groups excluding carboxylic acids is 3. The Balaban J connectivity index is 1.39. The zero-order valence-electron chi connectivity index (χ0n) is 22.0. The summed E-state index contributed by atoms with van der Waals surface area (Å²) in [5.41, 5.74) is 3.04. The van der Waals surface area contributed by atoms with Crippen LogP contribution in [0.3, 0.4) is 0 Å². The summed E-state index contributed by atoms with van der Waals surface area (Å²) in [6.07, 6.45) is 1.49. The van der Waals surface area contributed by atoms with Crippen molar-refractivity contribution in [2.45, 2.75) is 6.54 Å². The molecule has 1 saturated heterocycles. The van der Waals surface area contributed by atoms with Crippen LogP contribution in [-0.4, -0.2) is 60.7 Å². The van der Waals surface area contributed by atoms with Gasteiger partial charge in [0.25, 0.3) is 17.7 Å². The number of benzene rings is 3. The van der Waals surface area contributed by atoms with Crippen LogP contribution < -0.4 is 10.2 Å². The third-order valence-electron chi connectivity index (χ3n) is 6.85. The zero-order valence-corrected chi connectivity index (χ0v) is 22.8. The summed E-state index contributed by atoms with van der Waals surface area (Å²) in [6.45, 7) is 2.48. The highest BCUT2D eigenvalue weighted by molar-refractivity contribution is 6.34. The van der Waals surface area contributed by atoms with Crippen molar-refractivity contribution in [1.82, 2.24) is 9.80 Å². The summed E-state index contributed by atoms with van der Waals surface area (Å²) in [6, 6.07) is 25.2. The number of piperazine rings is 1. The molecule has 1 aliphatic rings. The maximum atomic E-state index is 13.8. The Labute approximate surface area is 237 Å². The monoisotopic (exact) mass is 556 g/mol. The van der Waals surface area contributed by atoms with Crippen molar-refractivity contribution in [2.75, 3.05) is 43.4 Å². The van der Waals surface area contributed by atoms with E-state index in [4.69, 9.17) is 16.0 Å². The van der Waals surface area contributed by atoms with E-state index in [-0.39, 0.29) is 17.7 Å². The normalized spacial score (nSPS) is 13.2. The molecular formula is C31H29ClN4O4. The third kappa shape index (κ3) is 6.02. The minimum atomic E-state index is -0.362. The predicted octanol–water partition coefficient (Wildman–Crippen LogP) is 5.42. The van der Waals surface area contributed by atoms with Crippen LogP contribution in [0.5, 0.6) is 0 Å². The van der Waals surface area contributed by atoms with Crippen LogP contribution in [0.2, 0.25) is 5.02 Å². The lowest BCUT2D eigenvalue weighted by atomic mass is 10.1. The number of halogens is 1. The van der Waals surface area contributed by atoms with Gasteiger partial charge in [0.05, 0.1) is 22.4 Å². The first-order valence-electron chi connectivity index (χ1n) is 13.0. The van der Waals surface area contributed by atoms with Crippen molar-refractivity contribution in [2.24, 2.45) is 0 Å². The fraction of sp³-hybridized carbons (Fsp3) is 0.194. The Morgan fingerprint density at radius 2 is 1.60 bits per heavy atom. The standard InChI is InChI=1S/C31H29ClN4O4/c1-34(21-22-8-3-2-4-9-22)30(38)25-20-23(33-29(37)24-10-5-6-11-26(24)32)13-14-27(25)35-15-17-36(18-16-35)31(39)28-12-7-19-40-28/h2-14,19-20H,15-18,21H2,1H3,(H,33,37). The Morgan fingerprint density at radius 3 is 2.30 bits per heavy atom. The molecule has 0 radical (unpaired) electrons. The highest BCUT2D eigenvalue weighted by atomic mass is 35.5. The van der Waals surface area contributed by atoms with Crippen molar-refractivity contribution >= 4 is 40.7 Å². The average molecular weight is 557 g/mol. The number of furan rings is 1. The molecule has 5 rings (SSSR count). The Hall–Kier alpha value is -4.56. The second-order valence-corrected chi connectivity index (χ2v) is 9.98. The molecule has 1 aromatic heterocycles. The van der Waals surface area contributed by atoms with Crippen molar-refractivity contribution in [1.29, 1.82) is 0 Å².